The number of carbonyl (C=O) groups excluding carboxylic acids is 2. The van der Waals surface area contributed by atoms with Crippen molar-refractivity contribution in [3.05, 3.63) is 60.2 Å². The topological polar surface area (TPSA) is 67.4 Å². The van der Waals surface area contributed by atoms with Crippen LogP contribution < -0.4 is 15.4 Å². The molecule has 26 heavy (non-hydrogen) atoms. The van der Waals surface area contributed by atoms with Gasteiger partial charge in [-0.15, -0.1) is 0 Å². The molecule has 0 heterocycles. The number of anilines is 1. The van der Waals surface area contributed by atoms with Crippen molar-refractivity contribution in [3.8, 4) is 5.75 Å². The van der Waals surface area contributed by atoms with Gasteiger partial charge in [0.05, 0.1) is 5.41 Å². The quantitative estimate of drug-likeness (QED) is 0.804. The van der Waals surface area contributed by atoms with E-state index in [0.717, 1.165) is 30.5 Å². The second kappa shape index (κ2) is 8.04. The third-order valence-corrected chi connectivity index (χ3v) is 4.82. The number of amides is 2. The zero-order chi connectivity index (χ0) is 18.4. The van der Waals surface area contributed by atoms with Crippen molar-refractivity contribution in [3.63, 3.8) is 0 Å². The molecule has 1 fully saturated rings. The molecule has 1 aliphatic carbocycles. The van der Waals surface area contributed by atoms with Crippen LogP contribution in [0.15, 0.2) is 54.6 Å². The van der Waals surface area contributed by atoms with E-state index in [4.69, 9.17) is 4.74 Å². The predicted molar refractivity (Wildman–Crippen MR) is 101 cm³/mol. The SMILES string of the molecule is CCNC(=O)COc1ccc(NC(=O)C2(c3ccccc3)CCC2)cc1. The Morgan fingerprint density at radius 1 is 1.04 bits per heavy atom. The Kier molecular flexibility index (Phi) is 5.56. The number of nitrogens with one attached hydrogen (secondary N) is 2. The van der Waals surface area contributed by atoms with E-state index in [-0.39, 0.29) is 18.4 Å². The van der Waals surface area contributed by atoms with Crippen molar-refractivity contribution in [1.82, 2.24) is 5.32 Å². The third kappa shape index (κ3) is 3.87. The number of hydrogen-bond acceptors (Lipinski definition) is 3. The number of ether oxygens (including phenoxy) is 1. The summed E-state index contributed by atoms with van der Waals surface area (Å²) in [5, 5.41) is 5.70. The molecule has 2 aromatic carbocycles. The van der Waals surface area contributed by atoms with Crippen molar-refractivity contribution in [1.29, 1.82) is 0 Å². The summed E-state index contributed by atoms with van der Waals surface area (Å²) in [5.41, 5.74) is 1.38. The van der Waals surface area contributed by atoms with Crippen molar-refractivity contribution in [2.75, 3.05) is 18.5 Å². The summed E-state index contributed by atoms with van der Waals surface area (Å²) >= 11 is 0. The van der Waals surface area contributed by atoms with Gasteiger partial charge in [-0.1, -0.05) is 36.8 Å². The van der Waals surface area contributed by atoms with Crippen LogP contribution in [-0.4, -0.2) is 25.0 Å². The lowest BCUT2D eigenvalue weighted by Gasteiger charge is -2.40. The lowest BCUT2D eigenvalue weighted by atomic mass is 9.64. The standard InChI is InChI=1S/C21H24N2O3/c1-2-22-19(24)15-26-18-11-9-17(10-12-18)23-20(25)21(13-6-14-21)16-7-4-3-5-8-16/h3-5,7-12H,2,6,13-15H2,1H3,(H,22,24)(H,23,25). The molecule has 0 atom stereocenters. The molecule has 0 spiro atoms. The first-order valence-electron chi connectivity index (χ1n) is 9.00. The molecule has 0 bridgehead atoms. The zero-order valence-electron chi connectivity index (χ0n) is 15.0. The molecule has 0 aliphatic heterocycles. The summed E-state index contributed by atoms with van der Waals surface area (Å²) in [4.78, 5) is 24.3. The minimum absolute atomic E-state index is 0.0172. The van der Waals surface area contributed by atoms with Crippen LogP contribution in [-0.2, 0) is 15.0 Å². The van der Waals surface area contributed by atoms with Gasteiger partial charge in [0.15, 0.2) is 6.61 Å². The van der Waals surface area contributed by atoms with Gasteiger partial charge in [-0.25, -0.2) is 0 Å². The minimum atomic E-state index is -0.422. The predicted octanol–water partition coefficient (Wildman–Crippen LogP) is 3.26. The lowest BCUT2D eigenvalue weighted by molar-refractivity contribution is -0.124. The molecule has 5 nitrogen and oxygen atoms in total. The van der Waals surface area contributed by atoms with Gasteiger partial charge < -0.3 is 15.4 Å². The fourth-order valence-electron chi connectivity index (χ4n) is 3.22. The van der Waals surface area contributed by atoms with E-state index >= 15 is 0 Å². The van der Waals surface area contributed by atoms with E-state index in [0.29, 0.717) is 12.3 Å². The Morgan fingerprint density at radius 3 is 2.31 bits per heavy atom. The van der Waals surface area contributed by atoms with E-state index in [2.05, 4.69) is 10.6 Å². The van der Waals surface area contributed by atoms with Crippen LogP contribution in [0.4, 0.5) is 5.69 Å². The minimum Gasteiger partial charge on any atom is -0.484 e. The maximum atomic E-state index is 12.9. The maximum absolute atomic E-state index is 12.9. The Morgan fingerprint density at radius 2 is 1.73 bits per heavy atom. The van der Waals surface area contributed by atoms with Crippen molar-refractivity contribution in [2.24, 2.45) is 0 Å². The highest BCUT2D eigenvalue weighted by molar-refractivity contribution is 6.00. The lowest BCUT2D eigenvalue weighted by Crippen LogP contribution is -2.45. The first-order valence-corrected chi connectivity index (χ1v) is 9.00. The molecule has 136 valence electrons. The summed E-state index contributed by atoms with van der Waals surface area (Å²) in [7, 11) is 0. The van der Waals surface area contributed by atoms with Crippen LogP contribution in [0, 0.1) is 0 Å². The van der Waals surface area contributed by atoms with Crippen molar-refractivity contribution < 1.29 is 14.3 Å². The Hall–Kier alpha value is -2.82. The average Bonchev–Trinajstić information content (AvgIpc) is 2.61. The van der Waals surface area contributed by atoms with Crippen molar-refractivity contribution in [2.45, 2.75) is 31.6 Å². The summed E-state index contributed by atoms with van der Waals surface area (Å²) in [5.74, 6) is 0.473. The first kappa shape index (κ1) is 18.0. The molecule has 2 aromatic rings. The van der Waals surface area contributed by atoms with Crippen LogP contribution in [0.25, 0.3) is 0 Å². The monoisotopic (exact) mass is 352 g/mol. The number of rotatable bonds is 7. The number of benzene rings is 2. The number of carbonyl (C=O) groups is 2. The van der Waals surface area contributed by atoms with E-state index < -0.39 is 5.41 Å². The largest absolute Gasteiger partial charge is 0.484 e. The highest BCUT2D eigenvalue weighted by Gasteiger charge is 2.45. The van der Waals surface area contributed by atoms with E-state index in [9.17, 15) is 9.59 Å². The molecular formula is C21H24N2O3. The van der Waals surface area contributed by atoms with Gasteiger partial charge in [0.25, 0.3) is 5.91 Å². The van der Waals surface area contributed by atoms with E-state index in [1.165, 1.54) is 0 Å². The van der Waals surface area contributed by atoms with Crippen LogP contribution >= 0.6 is 0 Å². The Balaban J connectivity index is 1.62. The van der Waals surface area contributed by atoms with Crippen LogP contribution in [0.1, 0.15) is 31.7 Å². The molecule has 1 saturated carbocycles. The van der Waals surface area contributed by atoms with Crippen LogP contribution in [0.5, 0.6) is 5.75 Å². The van der Waals surface area contributed by atoms with E-state index in [1.807, 2.05) is 37.3 Å². The molecule has 2 N–H and O–H groups in total. The highest BCUT2D eigenvalue weighted by Crippen LogP contribution is 2.44. The molecule has 1 aliphatic rings. The zero-order valence-corrected chi connectivity index (χ0v) is 15.0. The first-order chi connectivity index (χ1) is 12.6. The molecule has 3 rings (SSSR count). The molecule has 5 heteroatoms. The molecule has 0 aromatic heterocycles. The molecule has 0 saturated heterocycles. The maximum Gasteiger partial charge on any atom is 0.257 e. The van der Waals surface area contributed by atoms with Gasteiger partial charge in [-0.2, -0.15) is 0 Å². The summed E-state index contributed by atoms with van der Waals surface area (Å²) in [6.07, 6.45) is 2.81. The van der Waals surface area contributed by atoms with Gasteiger partial charge in [0, 0.05) is 12.2 Å². The molecule has 0 unspecified atom stereocenters. The Bertz CT molecular complexity index is 753. The summed E-state index contributed by atoms with van der Waals surface area (Å²) < 4.78 is 5.42. The van der Waals surface area contributed by atoms with Crippen molar-refractivity contribution >= 4 is 17.5 Å². The van der Waals surface area contributed by atoms with Crippen LogP contribution in [0.2, 0.25) is 0 Å². The number of hydrogen-bond donors (Lipinski definition) is 2. The fourth-order valence-corrected chi connectivity index (χ4v) is 3.22. The second-order valence-corrected chi connectivity index (χ2v) is 6.52. The molecule has 0 radical (unpaired) electrons. The molecule has 2 amide bonds. The van der Waals surface area contributed by atoms with E-state index in [1.54, 1.807) is 24.3 Å². The van der Waals surface area contributed by atoms with Gasteiger partial charge >= 0.3 is 0 Å². The van der Waals surface area contributed by atoms with Gasteiger partial charge in [-0.3, -0.25) is 9.59 Å². The normalized spacial score (nSPS) is 14.8. The second-order valence-electron chi connectivity index (χ2n) is 6.52. The molecular weight excluding hydrogens is 328 g/mol. The Labute approximate surface area is 153 Å². The average molecular weight is 352 g/mol. The van der Waals surface area contributed by atoms with Gasteiger partial charge in [0.1, 0.15) is 5.75 Å². The van der Waals surface area contributed by atoms with Gasteiger partial charge in [-0.05, 0) is 49.6 Å². The smallest absolute Gasteiger partial charge is 0.257 e. The van der Waals surface area contributed by atoms with Gasteiger partial charge in [0.2, 0.25) is 5.91 Å². The number of likely N-dealkylation sites (N-methyl/N-ethyl adjacent to an activating group) is 1. The summed E-state index contributed by atoms with van der Waals surface area (Å²) in [6, 6.07) is 17.1. The third-order valence-electron chi connectivity index (χ3n) is 4.82. The fraction of sp³-hybridized carbons (Fsp3) is 0.333. The summed E-state index contributed by atoms with van der Waals surface area (Å²) in [6.45, 7) is 2.42. The van der Waals surface area contributed by atoms with Crippen LogP contribution in [0.3, 0.4) is 0 Å². The highest BCUT2D eigenvalue weighted by atomic mass is 16.5.